The van der Waals surface area contributed by atoms with Crippen LogP contribution >= 0.6 is 11.8 Å². The second kappa shape index (κ2) is 8.26. The maximum absolute atomic E-state index is 12.9. The molecule has 1 aromatic heterocycles. The molecule has 156 valence electrons. The molecule has 5 nitrogen and oxygen atoms in total. The average molecular weight is 423 g/mol. The van der Waals surface area contributed by atoms with Crippen LogP contribution in [0.25, 0.3) is 6.08 Å². The summed E-state index contributed by atoms with van der Waals surface area (Å²) in [4.78, 5) is 39.3. The number of ketones is 1. The zero-order chi connectivity index (χ0) is 21.4. The van der Waals surface area contributed by atoms with Crippen LogP contribution in [0.4, 0.5) is 4.79 Å². The van der Waals surface area contributed by atoms with Gasteiger partial charge in [0, 0.05) is 23.0 Å². The molecule has 2 aliphatic rings. The summed E-state index contributed by atoms with van der Waals surface area (Å²) in [6.45, 7) is 5.88. The number of imide groups is 1. The van der Waals surface area contributed by atoms with Gasteiger partial charge in [-0.1, -0.05) is 42.7 Å². The maximum atomic E-state index is 12.9. The third-order valence-electron chi connectivity index (χ3n) is 6.05. The van der Waals surface area contributed by atoms with Crippen molar-refractivity contribution < 1.29 is 14.4 Å². The fourth-order valence-corrected chi connectivity index (χ4v) is 5.25. The summed E-state index contributed by atoms with van der Waals surface area (Å²) < 4.78 is 2.37. The van der Waals surface area contributed by atoms with E-state index in [-0.39, 0.29) is 12.3 Å². The number of benzene rings is 1. The quantitative estimate of drug-likeness (QED) is 0.475. The molecule has 0 atom stereocenters. The van der Waals surface area contributed by atoms with Gasteiger partial charge in [0.1, 0.15) is 0 Å². The van der Waals surface area contributed by atoms with E-state index < -0.39 is 11.1 Å². The minimum atomic E-state index is -0.392. The van der Waals surface area contributed by atoms with Crippen LogP contribution in [-0.2, 0) is 4.79 Å². The molecular weight excluding hydrogens is 396 g/mol. The number of carbonyl (C=O) groups excluding carboxylic acids is 3. The second-order valence-electron chi connectivity index (χ2n) is 8.19. The van der Waals surface area contributed by atoms with Crippen molar-refractivity contribution in [1.82, 2.24) is 9.47 Å². The van der Waals surface area contributed by atoms with E-state index in [1.807, 2.05) is 19.1 Å². The maximum Gasteiger partial charge on any atom is 0.293 e. The van der Waals surface area contributed by atoms with Crippen LogP contribution < -0.4 is 0 Å². The van der Waals surface area contributed by atoms with Crippen molar-refractivity contribution in [2.75, 3.05) is 6.54 Å². The predicted molar refractivity (Wildman–Crippen MR) is 120 cm³/mol. The standard InChI is InChI=1S/C24H26N2O3S/c1-15-8-10-18(11-9-15)21(27)14-25-23(28)22(30-24(25)29)13-19-12-16(2)26(17(19)3)20-6-4-5-7-20/h8-13,20H,4-7,14H2,1-3H3/b22-13-. The van der Waals surface area contributed by atoms with E-state index in [1.165, 1.54) is 31.4 Å². The summed E-state index contributed by atoms with van der Waals surface area (Å²) in [6, 6.07) is 9.75. The molecule has 1 saturated heterocycles. The molecule has 2 fully saturated rings. The Morgan fingerprint density at radius 3 is 2.43 bits per heavy atom. The summed E-state index contributed by atoms with van der Waals surface area (Å²) in [7, 11) is 0. The molecule has 6 heteroatoms. The van der Waals surface area contributed by atoms with E-state index in [4.69, 9.17) is 0 Å². The number of aromatic nitrogens is 1. The number of rotatable bonds is 5. The van der Waals surface area contributed by atoms with E-state index in [1.54, 1.807) is 18.2 Å². The van der Waals surface area contributed by atoms with Gasteiger partial charge in [-0.15, -0.1) is 0 Å². The zero-order valence-corrected chi connectivity index (χ0v) is 18.4. The Kier molecular flexibility index (Phi) is 5.69. The zero-order valence-electron chi connectivity index (χ0n) is 17.6. The van der Waals surface area contributed by atoms with Gasteiger partial charge >= 0.3 is 0 Å². The Morgan fingerprint density at radius 2 is 1.77 bits per heavy atom. The van der Waals surface area contributed by atoms with Crippen molar-refractivity contribution in [2.24, 2.45) is 0 Å². The molecule has 4 rings (SSSR count). The summed E-state index contributed by atoms with van der Waals surface area (Å²) in [5.41, 5.74) is 4.83. The number of hydrogen-bond donors (Lipinski definition) is 0. The van der Waals surface area contributed by atoms with Gasteiger partial charge in [-0.05, 0) is 63.1 Å². The number of nitrogens with zero attached hydrogens (tertiary/aromatic N) is 2. The molecule has 30 heavy (non-hydrogen) atoms. The lowest BCUT2D eigenvalue weighted by Crippen LogP contribution is -2.33. The normalized spacial score (nSPS) is 18.8. The van der Waals surface area contributed by atoms with Gasteiger partial charge in [-0.3, -0.25) is 19.3 Å². The first kappa shape index (κ1) is 20.7. The molecular formula is C24H26N2O3S. The first-order valence-corrected chi connectivity index (χ1v) is 11.2. The van der Waals surface area contributed by atoms with Crippen LogP contribution in [0.2, 0.25) is 0 Å². The van der Waals surface area contributed by atoms with Crippen LogP contribution in [0.15, 0.2) is 35.2 Å². The second-order valence-corrected chi connectivity index (χ2v) is 9.19. The van der Waals surface area contributed by atoms with Gasteiger partial charge < -0.3 is 4.57 Å². The molecule has 1 saturated carbocycles. The van der Waals surface area contributed by atoms with Gasteiger partial charge in [0.2, 0.25) is 0 Å². The van der Waals surface area contributed by atoms with Crippen molar-refractivity contribution in [3.63, 3.8) is 0 Å². The highest BCUT2D eigenvalue weighted by Gasteiger charge is 2.36. The van der Waals surface area contributed by atoms with Gasteiger partial charge in [-0.2, -0.15) is 0 Å². The van der Waals surface area contributed by atoms with Crippen LogP contribution in [0.3, 0.4) is 0 Å². The van der Waals surface area contributed by atoms with E-state index in [0.29, 0.717) is 16.5 Å². The third-order valence-corrected chi connectivity index (χ3v) is 6.96. The molecule has 2 amide bonds. The predicted octanol–water partition coefficient (Wildman–Crippen LogP) is 5.45. The van der Waals surface area contributed by atoms with Crippen molar-refractivity contribution in [3.8, 4) is 0 Å². The highest BCUT2D eigenvalue weighted by Crippen LogP contribution is 2.36. The topological polar surface area (TPSA) is 59.4 Å². The Morgan fingerprint density at radius 1 is 1.10 bits per heavy atom. The third kappa shape index (κ3) is 3.88. The fraction of sp³-hybridized carbons (Fsp3) is 0.375. The largest absolute Gasteiger partial charge is 0.346 e. The van der Waals surface area contributed by atoms with E-state index in [9.17, 15) is 14.4 Å². The van der Waals surface area contributed by atoms with E-state index in [0.717, 1.165) is 33.5 Å². The Balaban J connectivity index is 1.54. The van der Waals surface area contributed by atoms with E-state index >= 15 is 0 Å². The number of amides is 2. The van der Waals surface area contributed by atoms with Gasteiger partial charge in [0.15, 0.2) is 5.78 Å². The fourth-order valence-electron chi connectivity index (χ4n) is 4.42. The van der Waals surface area contributed by atoms with Crippen molar-refractivity contribution in [1.29, 1.82) is 0 Å². The highest BCUT2D eigenvalue weighted by molar-refractivity contribution is 8.18. The molecule has 1 aromatic carbocycles. The summed E-state index contributed by atoms with van der Waals surface area (Å²) in [6.07, 6.45) is 6.69. The number of aryl methyl sites for hydroxylation is 2. The van der Waals surface area contributed by atoms with Crippen molar-refractivity contribution in [3.05, 3.63) is 63.3 Å². The molecule has 2 heterocycles. The first-order chi connectivity index (χ1) is 14.3. The van der Waals surface area contributed by atoms with E-state index in [2.05, 4.69) is 24.5 Å². The smallest absolute Gasteiger partial charge is 0.293 e. The monoisotopic (exact) mass is 422 g/mol. The molecule has 0 N–H and O–H groups in total. The number of hydrogen-bond acceptors (Lipinski definition) is 4. The minimum absolute atomic E-state index is 0.230. The van der Waals surface area contributed by atoms with Crippen LogP contribution in [0.5, 0.6) is 0 Å². The number of carbonyl (C=O) groups is 3. The van der Waals surface area contributed by atoms with Crippen LogP contribution in [0, 0.1) is 20.8 Å². The lowest BCUT2D eigenvalue weighted by molar-refractivity contribution is -0.122. The van der Waals surface area contributed by atoms with Crippen LogP contribution in [0.1, 0.15) is 64.6 Å². The molecule has 0 unspecified atom stereocenters. The van der Waals surface area contributed by atoms with Crippen molar-refractivity contribution >= 4 is 34.8 Å². The highest BCUT2D eigenvalue weighted by atomic mass is 32.2. The number of thioether (sulfide) groups is 1. The molecule has 2 aromatic rings. The molecule has 0 bridgehead atoms. The SMILES string of the molecule is Cc1ccc(C(=O)CN2C(=O)S/C(=C\c3cc(C)n(C4CCCC4)c3C)C2=O)cc1. The summed E-state index contributed by atoms with van der Waals surface area (Å²) >= 11 is 0.909. The summed E-state index contributed by atoms with van der Waals surface area (Å²) in [5, 5.41) is -0.392. The molecule has 0 spiro atoms. The average Bonchev–Trinajstić information content (AvgIpc) is 3.39. The molecule has 0 radical (unpaired) electrons. The number of Topliss-reactive ketones (excluding diaryl/α,β-unsaturated/α-hetero) is 1. The van der Waals surface area contributed by atoms with Gasteiger partial charge in [0.25, 0.3) is 11.1 Å². The van der Waals surface area contributed by atoms with Crippen molar-refractivity contribution in [2.45, 2.75) is 52.5 Å². The van der Waals surface area contributed by atoms with Crippen LogP contribution in [-0.4, -0.2) is 32.9 Å². The first-order valence-electron chi connectivity index (χ1n) is 10.4. The Hall–Kier alpha value is -2.60. The van der Waals surface area contributed by atoms with Gasteiger partial charge in [-0.25, -0.2) is 0 Å². The lowest BCUT2D eigenvalue weighted by Gasteiger charge is -2.17. The Bertz CT molecular complexity index is 1040. The minimum Gasteiger partial charge on any atom is -0.346 e. The molecule has 1 aliphatic heterocycles. The lowest BCUT2D eigenvalue weighted by atomic mass is 10.1. The molecule has 1 aliphatic carbocycles. The summed E-state index contributed by atoms with van der Waals surface area (Å²) in [5.74, 6) is -0.630. The van der Waals surface area contributed by atoms with Gasteiger partial charge in [0.05, 0.1) is 11.4 Å². The Labute approximate surface area is 181 Å².